The van der Waals surface area contributed by atoms with Gasteiger partial charge in [0.2, 0.25) is 5.91 Å². The molecule has 0 saturated heterocycles. The van der Waals surface area contributed by atoms with Gasteiger partial charge < -0.3 is 20.7 Å². The van der Waals surface area contributed by atoms with Gasteiger partial charge in [-0.2, -0.15) is 0 Å². The largest absolute Gasteiger partial charge is 0.465 e. The van der Waals surface area contributed by atoms with Crippen LogP contribution in [0, 0.1) is 0 Å². The maximum absolute atomic E-state index is 12.8. The third-order valence-electron chi connectivity index (χ3n) is 4.39. The van der Waals surface area contributed by atoms with Crippen molar-refractivity contribution in [2.75, 3.05) is 6.54 Å². The minimum Gasteiger partial charge on any atom is -0.465 e. The fourth-order valence-electron chi connectivity index (χ4n) is 3.03. The Bertz CT molecular complexity index is 941. The lowest BCUT2D eigenvalue weighted by molar-refractivity contribution is -0.126. The first-order valence-corrected chi connectivity index (χ1v) is 8.57. The van der Waals surface area contributed by atoms with Gasteiger partial charge >= 0.3 is 6.09 Å². The van der Waals surface area contributed by atoms with Crippen molar-refractivity contribution in [2.45, 2.75) is 25.3 Å². The second-order valence-electron chi connectivity index (χ2n) is 6.50. The zero-order chi connectivity index (χ0) is 19.3. The van der Waals surface area contributed by atoms with Crippen molar-refractivity contribution in [3.05, 3.63) is 60.3 Å². The Balaban J connectivity index is 1.73. The number of carboxylic acid groups (broad SMARTS) is 1. The van der Waals surface area contributed by atoms with Crippen LogP contribution >= 0.6 is 0 Å². The van der Waals surface area contributed by atoms with Crippen molar-refractivity contribution in [1.82, 2.24) is 25.6 Å². The lowest BCUT2D eigenvalue weighted by Crippen LogP contribution is -2.58. The topological polar surface area (TPSA) is 120 Å². The van der Waals surface area contributed by atoms with Gasteiger partial charge in [-0.05, 0) is 18.6 Å². The average Bonchev–Trinajstić information content (AvgIpc) is 3.04. The van der Waals surface area contributed by atoms with Gasteiger partial charge in [0.15, 0.2) is 0 Å². The quantitative estimate of drug-likeness (QED) is 0.508. The van der Waals surface area contributed by atoms with Crippen molar-refractivity contribution < 1.29 is 14.7 Å². The van der Waals surface area contributed by atoms with Crippen molar-refractivity contribution in [1.29, 1.82) is 0 Å². The van der Waals surface area contributed by atoms with Crippen LogP contribution < -0.4 is 10.6 Å². The minimum atomic E-state index is -1.31. The van der Waals surface area contributed by atoms with Crippen molar-refractivity contribution in [3.63, 3.8) is 0 Å². The lowest BCUT2D eigenvalue weighted by Gasteiger charge is -2.28. The summed E-state index contributed by atoms with van der Waals surface area (Å²) in [5, 5.41) is 15.4. The lowest BCUT2D eigenvalue weighted by atomic mass is 9.91. The number of H-pyrrole nitrogens is 1. The maximum atomic E-state index is 12.8. The van der Waals surface area contributed by atoms with Crippen LogP contribution in [0.15, 0.2) is 49.1 Å². The smallest absolute Gasteiger partial charge is 0.405 e. The Hall–Kier alpha value is -3.42. The summed E-state index contributed by atoms with van der Waals surface area (Å²) in [6, 6.07) is 7.69. The second-order valence-corrected chi connectivity index (χ2v) is 6.50. The minimum absolute atomic E-state index is 0.223. The van der Waals surface area contributed by atoms with Crippen LogP contribution in [0.2, 0.25) is 0 Å². The Labute approximate surface area is 156 Å². The Morgan fingerprint density at radius 2 is 2.07 bits per heavy atom. The van der Waals surface area contributed by atoms with E-state index in [-0.39, 0.29) is 12.3 Å². The van der Waals surface area contributed by atoms with E-state index in [9.17, 15) is 14.7 Å². The fourth-order valence-corrected chi connectivity index (χ4v) is 3.03. The molecule has 1 atom stereocenters. The van der Waals surface area contributed by atoms with Crippen LogP contribution in [-0.4, -0.2) is 44.1 Å². The molecule has 0 aliphatic heterocycles. The number of hydrogen-bond acceptors (Lipinski definition) is 4. The zero-order valence-corrected chi connectivity index (χ0v) is 14.9. The van der Waals surface area contributed by atoms with Crippen LogP contribution in [0.4, 0.5) is 4.79 Å². The van der Waals surface area contributed by atoms with Gasteiger partial charge in [0.25, 0.3) is 0 Å². The van der Waals surface area contributed by atoms with Crippen molar-refractivity contribution >= 4 is 22.9 Å². The van der Waals surface area contributed by atoms with Gasteiger partial charge in [0.05, 0.1) is 5.69 Å². The number of benzene rings is 1. The molecule has 8 nitrogen and oxygen atoms in total. The molecule has 140 valence electrons. The highest BCUT2D eigenvalue weighted by molar-refractivity contribution is 5.91. The van der Waals surface area contributed by atoms with Gasteiger partial charge in [-0.25, -0.2) is 4.79 Å². The van der Waals surface area contributed by atoms with Gasteiger partial charge in [0.1, 0.15) is 5.54 Å². The van der Waals surface area contributed by atoms with E-state index in [1.54, 1.807) is 31.7 Å². The molecule has 0 radical (unpaired) electrons. The van der Waals surface area contributed by atoms with E-state index in [0.717, 1.165) is 22.2 Å². The van der Waals surface area contributed by atoms with E-state index in [1.807, 2.05) is 24.3 Å². The van der Waals surface area contributed by atoms with Gasteiger partial charge in [0, 0.05) is 55.1 Å². The summed E-state index contributed by atoms with van der Waals surface area (Å²) in [6.07, 6.45) is 6.09. The number of nitrogens with zero attached hydrogens (tertiary/aromatic N) is 2. The number of aromatic nitrogens is 3. The van der Waals surface area contributed by atoms with E-state index < -0.39 is 11.6 Å². The number of fused-ring (bicyclic) bond motifs is 1. The molecule has 0 saturated carbocycles. The number of amides is 2. The highest BCUT2D eigenvalue weighted by Crippen LogP contribution is 2.23. The van der Waals surface area contributed by atoms with E-state index >= 15 is 0 Å². The molecule has 0 spiro atoms. The zero-order valence-electron chi connectivity index (χ0n) is 14.9. The molecule has 1 aromatic carbocycles. The summed E-state index contributed by atoms with van der Waals surface area (Å²) in [4.78, 5) is 35.3. The summed E-state index contributed by atoms with van der Waals surface area (Å²) in [5.41, 5.74) is 1.25. The van der Waals surface area contributed by atoms with E-state index in [0.29, 0.717) is 13.0 Å². The Kier molecular flexibility index (Phi) is 5.35. The number of para-hydroxylation sites is 1. The summed E-state index contributed by atoms with van der Waals surface area (Å²) in [7, 11) is 0. The first-order chi connectivity index (χ1) is 13.0. The maximum Gasteiger partial charge on any atom is 0.405 e. The highest BCUT2D eigenvalue weighted by atomic mass is 16.4. The first-order valence-electron chi connectivity index (χ1n) is 8.57. The van der Waals surface area contributed by atoms with E-state index in [1.165, 1.54) is 0 Å². The SMILES string of the molecule is CC(Cc1c[nH]c2ccccc12)(NC(=O)O)C(=O)NCCc1cnccn1. The van der Waals surface area contributed by atoms with Crippen LogP contribution in [0.5, 0.6) is 0 Å². The van der Waals surface area contributed by atoms with Crippen LogP contribution in [-0.2, 0) is 17.6 Å². The molecule has 2 aromatic heterocycles. The molecule has 27 heavy (non-hydrogen) atoms. The number of aromatic amines is 1. The standard InChI is InChI=1S/C19H21N5O3/c1-19(24-18(26)27,10-13-11-23-16-5-3-2-4-15(13)16)17(25)22-7-6-14-12-20-8-9-21-14/h2-5,8-9,11-12,23-24H,6-7,10H2,1H3,(H,22,25)(H,26,27). The average molecular weight is 367 g/mol. The number of hydrogen-bond donors (Lipinski definition) is 4. The Morgan fingerprint density at radius 3 is 2.81 bits per heavy atom. The molecule has 3 rings (SSSR count). The molecular weight excluding hydrogens is 346 g/mol. The van der Waals surface area contributed by atoms with Gasteiger partial charge in [-0.15, -0.1) is 0 Å². The summed E-state index contributed by atoms with van der Waals surface area (Å²) in [6.45, 7) is 1.92. The van der Waals surface area contributed by atoms with Crippen LogP contribution in [0.25, 0.3) is 10.9 Å². The van der Waals surface area contributed by atoms with E-state index in [4.69, 9.17) is 0 Å². The summed E-state index contributed by atoms with van der Waals surface area (Å²) >= 11 is 0. The van der Waals surface area contributed by atoms with Crippen LogP contribution in [0.1, 0.15) is 18.2 Å². The Morgan fingerprint density at radius 1 is 1.26 bits per heavy atom. The first kappa shape index (κ1) is 18.4. The van der Waals surface area contributed by atoms with Crippen LogP contribution in [0.3, 0.4) is 0 Å². The molecule has 2 amide bonds. The molecule has 1 unspecified atom stereocenters. The summed E-state index contributed by atoms with van der Waals surface area (Å²) < 4.78 is 0. The monoisotopic (exact) mass is 367 g/mol. The molecule has 0 fully saturated rings. The molecule has 0 bridgehead atoms. The molecular formula is C19H21N5O3. The van der Waals surface area contributed by atoms with Crippen molar-refractivity contribution in [3.8, 4) is 0 Å². The van der Waals surface area contributed by atoms with E-state index in [2.05, 4.69) is 25.6 Å². The number of nitrogens with one attached hydrogen (secondary N) is 3. The van der Waals surface area contributed by atoms with Gasteiger partial charge in [-0.1, -0.05) is 18.2 Å². The number of carbonyl (C=O) groups is 2. The number of rotatable bonds is 7. The summed E-state index contributed by atoms with van der Waals surface area (Å²) in [5.74, 6) is -0.390. The fraction of sp³-hybridized carbons (Fsp3) is 0.263. The van der Waals surface area contributed by atoms with Crippen molar-refractivity contribution in [2.24, 2.45) is 0 Å². The molecule has 0 aliphatic rings. The predicted molar refractivity (Wildman–Crippen MR) is 100 cm³/mol. The molecule has 3 aromatic rings. The highest BCUT2D eigenvalue weighted by Gasteiger charge is 2.35. The molecule has 8 heteroatoms. The molecule has 2 heterocycles. The third-order valence-corrected chi connectivity index (χ3v) is 4.39. The predicted octanol–water partition coefficient (Wildman–Crippen LogP) is 1.89. The number of carbonyl (C=O) groups excluding carboxylic acids is 1. The second kappa shape index (κ2) is 7.86. The molecule has 0 aliphatic carbocycles. The van der Waals surface area contributed by atoms with Gasteiger partial charge in [-0.3, -0.25) is 14.8 Å². The normalized spacial score (nSPS) is 13.1. The third kappa shape index (κ3) is 4.41. The molecule has 4 N–H and O–H groups in total.